The minimum atomic E-state index is 0.665. The highest BCUT2D eigenvalue weighted by molar-refractivity contribution is 5.84. The zero-order valence-electron chi connectivity index (χ0n) is 8.12. The predicted molar refractivity (Wildman–Crippen MR) is 55.1 cm³/mol. The maximum Gasteiger partial charge on any atom is 0.198 e. The first-order chi connectivity index (χ1) is 6.86. The van der Waals surface area contributed by atoms with Crippen molar-refractivity contribution in [2.24, 2.45) is 0 Å². The molecule has 1 saturated carbocycles. The quantitative estimate of drug-likeness (QED) is 0.679. The van der Waals surface area contributed by atoms with Crippen LogP contribution in [0, 0.1) is 13.3 Å². The number of nitrogens with zero attached hydrogens (tertiary/aromatic N) is 2. The van der Waals surface area contributed by atoms with Gasteiger partial charge in [0.2, 0.25) is 0 Å². The molecule has 3 rings (SSSR count). The number of aryl methyl sites for hydroxylation is 1. The lowest BCUT2D eigenvalue weighted by molar-refractivity contribution is 1.01. The Balaban J connectivity index is 2.37. The van der Waals surface area contributed by atoms with E-state index < -0.39 is 0 Å². The number of hydrogen-bond donors (Lipinski definition) is 0. The first-order valence-electron chi connectivity index (χ1n) is 4.99. The SMILES string of the molecule is Cc1cccc2n[c]nc(C3CC3)c12. The highest BCUT2D eigenvalue weighted by atomic mass is 14.8. The zero-order chi connectivity index (χ0) is 9.54. The van der Waals surface area contributed by atoms with E-state index >= 15 is 0 Å². The average molecular weight is 183 g/mol. The molecule has 0 saturated heterocycles. The van der Waals surface area contributed by atoms with Crippen LogP contribution >= 0.6 is 0 Å². The van der Waals surface area contributed by atoms with Crippen molar-refractivity contribution in [2.45, 2.75) is 25.7 Å². The summed E-state index contributed by atoms with van der Waals surface area (Å²) in [5, 5.41) is 1.24. The van der Waals surface area contributed by atoms with Crippen LogP contribution in [0.4, 0.5) is 0 Å². The van der Waals surface area contributed by atoms with Gasteiger partial charge in [-0.25, -0.2) is 9.97 Å². The first-order valence-corrected chi connectivity index (χ1v) is 4.99. The maximum atomic E-state index is 4.29. The van der Waals surface area contributed by atoms with E-state index in [9.17, 15) is 0 Å². The van der Waals surface area contributed by atoms with E-state index in [2.05, 4.69) is 29.3 Å². The summed E-state index contributed by atoms with van der Waals surface area (Å²) in [5.41, 5.74) is 3.51. The van der Waals surface area contributed by atoms with Gasteiger partial charge in [0.25, 0.3) is 0 Å². The molecular formula is C12H11N2. The van der Waals surface area contributed by atoms with E-state index in [-0.39, 0.29) is 0 Å². The standard InChI is InChI=1S/C12H11N2/c1-8-3-2-4-10-11(8)12(9-5-6-9)14-7-13-10/h2-4,9H,5-6H2,1H3. The molecule has 2 nitrogen and oxygen atoms in total. The molecule has 1 fully saturated rings. The molecule has 0 bridgehead atoms. The smallest absolute Gasteiger partial charge is 0.198 e. The second kappa shape index (κ2) is 2.77. The van der Waals surface area contributed by atoms with Crippen molar-refractivity contribution in [1.29, 1.82) is 0 Å². The van der Waals surface area contributed by atoms with Gasteiger partial charge in [-0.05, 0) is 31.4 Å². The summed E-state index contributed by atoms with van der Waals surface area (Å²) in [4.78, 5) is 8.47. The van der Waals surface area contributed by atoms with Crippen LogP contribution in [-0.2, 0) is 0 Å². The molecule has 1 aromatic carbocycles. The molecule has 0 aliphatic heterocycles. The van der Waals surface area contributed by atoms with Crippen molar-refractivity contribution in [1.82, 2.24) is 9.97 Å². The molecule has 0 unspecified atom stereocenters. The lowest BCUT2D eigenvalue weighted by Gasteiger charge is -2.05. The largest absolute Gasteiger partial charge is 0.229 e. The van der Waals surface area contributed by atoms with Gasteiger partial charge in [-0.15, -0.1) is 0 Å². The van der Waals surface area contributed by atoms with Crippen LogP contribution in [0.3, 0.4) is 0 Å². The molecule has 1 aliphatic rings. The van der Waals surface area contributed by atoms with Crippen molar-refractivity contribution < 1.29 is 0 Å². The number of hydrogen-bond acceptors (Lipinski definition) is 2. The third-order valence-corrected chi connectivity index (χ3v) is 2.81. The maximum absolute atomic E-state index is 4.29. The molecule has 1 aliphatic carbocycles. The van der Waals surface area contributed by atoms with E-state index in [1.807, 2.05) is 12.1 Å². The second-order valence-corrected chi connectivity index (χ2v) is 3.95. The van der Waals surface area contributed by atoms with E-state index in [1.54, 1.807) is 0 Å². The zero-order valence-corrected chi connectivity index (χ0v) is 8.12. The Morgan fingerprint density at radius 1 is 1.29 bits per heavy atom. The topological polar surface area (TPSA) is 25.8 Å². The fourth-order valence-electron chi connectivity index (χ4n) is 1.92. The van der Waals surface area contributed by atoms with Gasteiger partial charge in [0.15, 0.2) is 6.33 Å². The van der Waals surface area contributed by atoms with Crippen LogP contribution in [0.15, 0.2) is 18.2 Å². The molecule has 2 heteroatoms. The number of aromatic nitrogens is 2. The van der Waals surface area contributed by atoms with E-state index in [0.29, 0.717) is 5.92 Å². The van der Waals surface area contributed by atoms with Gasteiger partial charge >= 0.3 is 0 Å². The van der Waals surface area contributed by atoms with Crippen molar-refractivity contribution in [3.63, 3.8) is 0 Å². The molecular weight excluding hydrogens is 172 g/mol. The second-order valence-electron chi connectivity index (χ2n) is 3.95. The van der Waals surface area contributed by atoms with Gasteiger partial charge in [-0.3, -0.25) is 0 Å². The molecule has 0 atom stereocenters. The Hall–Kier alpha value is -1.44. The fourth-order valence-corrected chi connectivity index (χ4v) is 1.92. The Morgan fingerprint density at radius 2 is 2.14 bits per heavy atom. The van der Waals surface area contributed by atoms with E-state index in [0.717, 1.165) is 5.52 Å². The number of rotatable bonds is 1. The third-order valence-electron chi connectivity index (χ3n) is 2.81. The van der Waals surface area contributed by atoms with Gasteiger partial charge in [-0.2, -0.15) is 0 Å². The van der Waals surface area contributed by atoms with Crippen LogP contribution in [-0.4, -0.2) is 9.97 Å². The van der Waals surface area contributed by atoms with Crippen molar-refractivity contribution in [2.75, 3.05) is 0 Å². The number of benzene rings is 1. The molecule has 14 heavy (non-hydrogen) atoms. The first kappa shape index (κ1) is 7.92. The molecule has 0 spiro atoms. The van der Waals surface area contributed by atoms with E-state index in [4.69, 9.17) is 0 Å². The molecule has 69 valence electrons. The van der Waals surface area contributed by atoms with Crippen LogP contribution < -0.4 is 0 Å². The number of fused-ring (bicyclic) bond motifs is 1. The minimum Gasteiger partial charge on any atom is -0.229 e. The summed E-state index contributed by atoms with van der Waals surface area (Å²) in [7, 11) is 0. The van der Waals surface area contributed by atoms with Gasteiger partial charge in [0.1, 0.15) is 0 Å². The van der Waals surface area contributed by atoms with E-state index in [1.165, 1.54) is 29.5 Å². The Bertz CT molecular complexity index is 481. The molecule has 1 radical (unpaired) electrons. The summed E-state index contributed by atoms with van der Waals surface area (Å²) in [6, 6.07) is 6.19. The van der Waals surface area contributed by atoms with Gasteiger partial charge in [-0.1, -0.05) is 12.1 Å². The third kappa shape index (κ3) is 1.10. The molecule has 0 amide bonds. The Kier molecular flexibility index (Phi) is 1.57. The molecule has 1 heterocycles. The van der Waals surface area contributed by atoms with Crippen molar-refractivity contribution in [3.05, 3.63) is 35.8 Å². The summed E-state index contributed by atoms with van der Waals surface area (Å²) in [5.74, 6) is 0.665. The van der Waals surface area contributed by atoms with Crippen LogP contribution in [0.25, 0.3) is 10.9 Å². The molecule has 2 aromatic rings. The highest BCUT2D eigenvalue weighted by Gasteiger charge is 2.27. The van der Waals surface area contributed by atoms with Crippen molar-refractivity contribution in [3.8, 4) is 0 Å². The fraction of sp³-hybridized carbons (Fsp3) is 0.333. The summed E-state index contributed by atoms with van der Waals surface area (Å²) < 4.78 is 0. The van der Waals surface area contributed by atoms with Gasteiger partial charge in [0, 0.05) is 11.3 Å². The highest BCUT2D eigenvalue weighted by Crippen LogP contribution is 2.41. The Morgan fingerprint density at radius 3 is 2.93 bits per heavy atom. The Labute approximate surface area is 83.0 Å². The predicted octanol–water partition coefficient (Wildman–Crippen LogP) is 2.62. The molecule has 1 aromatic heterocycles. The monoisotopic (exact) mass is 183 g/mol. The summed E-state index contributed by atoms with van der Waals surface area (Å²) in [6.07, 6.45) is 5.30. The summed E-state index contributed by atoms with van der Waals surface area (Å²) >= 11 is 0. The van der Waals surface area contributed by atoms with Gasteiger partial charge < -0.3 is 0 Å². The average Bonchev–Trinajstić information content (AvgIpc) is 3.01. The minimum absolute atomic E-state index is 0.665. The van der Waals surface area contributed by atoms with Crippen molar-refractivity contribution >= 4 is 10.9 Å². The van der Waals surface area contributed by atoms with Crippen LogP contribution in [0.1, 0.15) is 30.0 Å². The lowest BCUT2D eigenvalue weighted by atomic mass is 10.1. The van der Waals surface area contributed by atoms with Gasteiger partial charge in [0.05, 0.1) is 11.2 Å². The summed E-state index contributed by atoms with van der Waals surface area (Å²) in [6.45, 7) is 2.12. The lowest BCUT2D eigenvalue weighted by Crippen LogP contribution is -1.93. The van der Waals surface area contributed by atoms with Crippen LogP contribution in [0.5, 0.6) is 0 Å². The molecule has 0 N–H and O–H groups in total. The normalized spacial score (nSPS) is 16.1. The van der Waals surface area contributed by atoms with Crippen LogP contribution in [0.2, 0.25) is 0 Å².